The van der Waals surface area contributed by atoms with Crippen LogP contribution >= 0.6 is 0 Å². The largest absolute Gasteiger partial charge is 0.293 e. The Morgan fingerprint density at radius 2 is 1.83 bits per heavy atom. The highest BCUT2D eigenvalue weighted by Crippen LogP contribution is 2.20. The molecule has 2 heterocycles. The van der Waals surface area contributed by atoms with E-state index < -0.39 is 0 Å². The third-order valence-corrected chi connectivity index (χ3v) is 4.54. The quantitative estimate of drug-likeness (QED) is 0.773. The molecule has 0 spiro atoms. The number of hydrogen-bond acceptors (Lipinski definition) is 2. The summed E-state index contributed by atoms with van der Waals surface area (Å²) in [5, 5.41) is 8.84. The van der Waals surface area contributed by atoms with E-state index in [2.05, 4.69) is 75.8 Å². The maximum Gasteiger partial charge on any atom is 0.0841 e. The Labute approximate surface area is 142 Å². The van der Waals surface area contributed by atoms with Crippen molar-refractivity contribution in [2.24, 2.45) is 0 Å². The maximum absolute atomic E-state index is 4.48. The molecule has 3 heteroatoms. The highest BCUT2D eigenvalue weighted by atomic mass is 15.2. The fourth-order valence-electron chi connectivity index (χ4n) is 3.14. The average Bonchev–Trinajstić information content (AvgIpc) is 3.05. The molecule has 1 aromatic heterocycles. The summed E-state index contributed by atoms with van der Waals surface area (Å²) in [5.41, 5.74) is 4.93. The van der Waals surface area contributed by atoms with E-state index in [4.69, 9.17) is 0 Å². The summed E-state index contributed by atoms with van der Waals surface area (Å²) in [6, 6.07) is 18.8. The Balaban J connectivity index is 1.40. The molecule has 0 amide bonds. The van der Waals surface area contributed by atoms with Crippen molar-refractivity contribution in [2.75, 3.05) is 13.1 Å². The van der Waals surface area contributed by atoms with Crippen LogP contribution in [0.4, 0.5) is 0 Å². The minimum absolute atomic E-state index is 0.899. The highest BCUT2D eigenvalue weighted by Gasteiger charge is 2.13. The molecule has 1 N–H and O–H groups in total. The van der Waals surface area contributed by atoms with Crippen LogP contribution in [0.25, 0.3) is 17.0 Å². The molecule has 0 bridgehead atoms. The molecule has 0 atom stereocenters. The van der Waals surface area contributed by atoms with Gasteiger partial charge in [0, 0.05) is 25.0 Å². The smallest absolute Gasteiger partial charge is 0.0841 e. The third-order valence-electron chi connectivity index (χ3n) is 4.54. The summed E-state index contributed by atoms with van der Waals surface area (Å²) in [5.74, 6) is 0. The molecule has 3 nitrogen and oxygen atoms in total. The summed E-state index contributed by atoms with van der Waals surface area (Å²) in [7, 11) is 0. The Morgan fingerprint density at radius 3 is 2.67 bits per heavy atom. The first kappa shape index (κ1) is 14.9. The van der Waals surface area contributed by atoms with Gasteiger partial charge in [0.15, 0.2) is 0 Å². The molecule has 3 aromatic rings. The van der Waals surface area contributed by atoms with Crippen molar-refractivity contribution < 1.29 is 0 Å². The second-order valence-corrected chi connectivity index (χ2v) is 6.22. The van der Waals surface area contributed by atoms with Crippen LogP contribution in [0, 0.1) is 0 Å². The van der Waals surface area contributed by atoms with Crippen molar-refractivity contribution in [1.82, 2.24) is 15.1 Å². The van der Waals surface area contributed by atoms with Crippen molar-refractivity contribution in [3.8, 4) is 0 Å². The first-order valence-corrected chi connectivity index (χ1v) is 8.45. The second-order valence-electron chi connectivity index (χ2n) is 6.22. The van der Waals surface area contributed by atoms with Crippen LogP contribution in [0.15, 0.2) is 72.3 Å². The van der Waals surface area contributed by atoms with Gasteiger partial charge in [0.1, 0.15) is 0 Å². The number of nitrogens with one attached hydrogen (secondary N) is 1. The zero-order valence-corrected chi connectivity index (χ0v) is 13.7. The Hall–Kier alpha value is -2.65. The molecule has 0 saturated heterocycles. The number of allylic oxidation sites excluding steroid dienone is 1. The van der Waals surface area contributed by atoms with Gasteiger partial charge in [-0.3, -0.25) is 10.00 Å². The Kier molecular flexibility index (Phi) is 4.26. The summed E-state index contributed by atoms with van der Waals surface area (Å²) in [6.07, 6.45) is 7.86. The molecule has 0 fully saturated rings. The minimum atomic E-state index is 0.899. The molecule has 4 rings (SSSR count). The van der Waals surface area contributed by atoms with Gasteiger partial charge in [-0.25, -0.2) is 0 Å². The van der Waals surface area contributed by atoms with Gasteiger partial charge in [0.2, 0.25) is 0 Å². The van der Waals surface area contributed by atoms with Crippen LogP contribution in [0.3, 0.4) is 0 Å². The van der Waals surface area contributed by atoms with Gasteiger partial charge in [-0.2, -0.15) is 5.10 Å². The van der Waals surface area contributed by atoms with E-state index >= 15 is 0 Å². The van der Waals surface area contributed by atoms with Crippen molar-refractivity contribution in [1.29, 1.82) is 0 Å². The molecular weight excluding hydrogens is 294 g/mol. The second kappa shape index (κ2) is 6.85. The first-order valence-electron chi connectivity index (χ1n) is 8.45. The van der Waals surface area contributed by atoms with Crippen LogP contribution in [0.2, 0.25) is 0 Å². The predicted octanol–water partition coefficient (Wildman–Crippen LogP) is 4.41. The minimum Gasteiger partial charge on any atom is -0.293 e. The van der Waals surface area contributed by atoms with Crippen LogP contribution in [0.5, 0.6) is 0 Å². The van der Waals surface area contributed by atoms with E-state index in [1.54, 1.807) is 0 Å². The van der Waals surface area contributed by atoms with E-state index in [0.717, 1.165) is 37.3 Å². The van der Waals surface area contributed by atoms with Crippen molar-refractivity contribution >= 4 is 17.0 Å². The third kappa shape index (κ3) is 3.31. The molecule has 1 aliphatic rings. The molecule has 2 aromatic carbocycles. The topological polar surface area (TPSA) is 31.9 Å². The first-order chi connectivity index (χ1) is 11.9. The van der Waals surface area contributed by atoms with Crippen LogP contribution in [0.1, 0.15) is 17.7 Å². The number of nitrogens with zero attached hydrogens (tertiary/aromatic N) is 2. The molecule has 120 valence electrons. The predicted molar refractivity (Wildman–Crippen MR) is 99.5 cm³/mol. The van der Waals surface area contributed by atoms with Gasteiger partial charge in [-0.15, -0.1) is 0 Å². The van der Waals surface area contributed by atoms with Gasteiger partial charge < -0.3 is 0 Å². The van der Waals surface area contributed by atoms with E-state index in [1.807, 2.05) is 12.1 Å². The van der Waals surface area contributed by atoms with Crippen molar-refractivity contribution in [3.63, 3.8) is 0 Å². The lowest BCUT2D eigenvalue weighted by molar-refractivity contribution is 0.285. The average molecular weight is 315 g/mol. The molecule has 1 aliphatic heterocycles. The maximum atomic E-state index is 4.48. The number of aromatic amines is 1. The lowest BCUT2D eigenvalue weighted by Crippen LogP contribution is -2.28. The molecule has 0 aliphatic carbocycles. The summed E-state index contributed by atoms with van der Waals surface area (Å²) in [4.78, 5) is 2.45. The van der Waals surface area contributed by atoms with E-state index in [9.17, 15) is 0 Å². The number of benzene rings is 2. The SMILES string of the molecule is C1=C(/C=C/c2ccccc2)CCN(Cc2n[nH]c3ccccc23)C1. The lowest BCUT2D eigenvalue weighted by Gasteiger charge is -2.24. The summed E-state index contributed by atoms with van der Waals surface area (Å²) in [6.45, 7) is 2.96. The highest BCUT2D eigenvalue weighted by molar-refractivity contribution is 5.81. The Bertz CT molecular complexity index is 874. The standard InChI is InChI=1S/C21H21N3/c1-2-6-17(7-3-1)10-11-18-12-14-24(15-13-18)16-21-19-8-4-5-9-20(19)22-23-21/h1-12H,13-16H2,(H,22,23)/b11-10+. The number of para-hydroxylation sites is 1. The normalized spacial score (nSPS) is 15.9. The van der Waals surface area contributed by atoms with E-state index in [1.165, 1.54) is 16.5 Å². The Morgan fingerprint density at radius 1 is 1.00 bits per heavy atom. The lowest BCUT2D eigenvalue weighted by atomic mass is 10.1. The molecule has 0 radical (unpaired) electrons. The van der Waals surface area contributed by atoms with Crippen LogP contribution in [-0.4, -0.2) is 28.2 Å². The number of hydrogen-bond donors (Lipinski definition) is 1. The summed E-state index contributed by atoms with van der Waals surface area (Å²) < 4.78 is 0. The van der Waals surface area contributed by atoms with E-state index in [0.29, 0.717) is 0 Å². The van der Waals surface area contributed by atoms with Crippen molar-refractivity contribution in [2.45, 2.75) is 13.0 Å². The van der Waals surface area contributed by atoms with Crippen molar-refractivity contribution in [3.05, 3.63) is 83.6 Å². The van der Waals surface area contributed by atoms with Gasteiger partial charge in [-0.1, -0.05) is 66.8 Å². The number of fused-ring (bicyclic) bond motifs is 1. The fraction of sp³-hybridized carbons (Fsp3) is 0.190. The van der Waals surface area contributed by atoms with Gasteiger partial charge in [0.25, 0.3) is 0 Å². The van der Waals surface area contributed by atoms with Gasteiger partial charge in [0.05, 0.1) is 11.2 Å². The monoisotopic (exact) mass is 315 g/mol. The zero-order valence-electron chi connectivity index (χ0n) is 13.7. The molecule has 0 saturated carbocycles. The number of H-pyrrole nitrogens is 1. The number of aromatic nitrogens is 2. The zero-order chi connectivity index (χ0) is 16.2. The molecular formula is C21H21N3. The van der Waals surface area contributed by atoms with Gasteiger partial charge in [-0.05, 0) is 23.6 Å². The summed E-state index contributed by atoms with van der Waals surface area (Å²) >= 11 is 0. The van der Waals surface area contributed by atoms with Crippen LogP contribution in [-0.2, 0) is 6.54 Å². The number of rotatable bonds is 4. The molecule has 24 heavy (non-hydrogen) atoms. The van der Waals surface area contributed by atoms with E-state index in [-0.39, 0.29) is 0 Å². The molecule has 0 unspecified atom stereocenters. The fourth-order valence-corrected chi connectivity index (χ4v) is 3.14. The van der Waals surface area contributed by atoms with Crippen LogP contribution < -0.4 is 0 Å². The van der Waals surface area contributed by atoms with Gasteiger partial charge >= 0.3 is 0 Å².